The van der Waals surface area contributed by atoms with E-state index in [1.165, 1.54) is 31.2 Å². The summed E-state index contributed by atoms with van der Waals surface area (Å²) in [4.78, 5) is 32.2. The Bertz CT molecular complexity index is 1270. The van der Waals surface area contributed by atoms with Crippen LogP contribution in [0.2, 0.25) is 0 Å². The lowest BCUT2D eigenvalue weighted by Gasteiger charge is -2.63. The number of ketones is 1. The van der Waals surface area contributed by atoms with Gasteiger partial charge >= 0.3 is 0 Å². The molecule has 6 rings (SSSR count). The summed E-state index contributed by atoms with van der Waals surface area (Å²) in [7, 11) is 0. The minimum absolute atomic E-state index is 0.0371. The first kappa shape index (κ1) is 27.2. The fourth-order valence-electron chi connectivity index (χ4n) is 8.71. The third-order valence-electron chi connectivity index (χ3n) is 10.4. The summed E-state index contributed by atoms with van der Waals surface area (Å²) in [6, 6.07) is 4.92. The lowest BCUT2D eigenvalue weighted by molar-refractivity contribution is -0.266. The number of alkyl halides is 3. The van der Waals surface area contributed by atoms with Crippen LogP contribution in [0.15, 0.2) is 48.1 Å². The van der Waals surface area contributed by atoms with Crippen molar-refractivity contribution in [2.24, 2.45) is 28.6 Å². The number of nitrogens with zero attached hydrogens (tertiary/aromatic N) is 1. The van der Waals surface area contributed by atoms with Gasteiger partial charge in [0.15, 0.2) is 17.1 Å². The Morgan fingerprint density at radius 3 is 2.62 bits per heavy atom. The van der Waals surface area contributed by atoms with Crippen molar-refractivity contribution in [1.29, 1.82) is 0 Å². The van der Waals surface area contributed by atoms with Crippen LogP contribution in [0.5, 0.6) is 0 Å². The van der Waals surface area contributed by atoms with Crippen molar-refractivity contribution in [3.05, 3.63) is 59.4 Å². The van der Waals surface area contributed by atoms with Crippen LogP contribution in [-0.4, -0.2) is 57.2 Å². The maximum Gasteiger partial charge on any atom is 0.226 e. The number of rotatable bonds is 4. The summed E-state index contributed by atoms with van der Waals surface area (Å²) in [5.41, 5.74) is -5.66. The Hall–Kier alpha value is -2.01. The Kier molecular flexibility index (Phi) is 6.27. The first-order valence-electron chi connectivity index (χ1n) is 13.3. The summed E-state index contributed by atoms with van der Waals surface area (Å²) in [5.74, 6) is -2.73. The quantitative estimate of drug-likeness (QED) is 0.516. The van der Waals surface area contributed by atoms with Crippen molar-refractivity contribution in [2.45, 2.75) is 63.2 Å². The molecule has 4 fully saturated rings. The van der Waals surface area contributed by atoms with Gasteiger partial charge in [0.05, 0.1) is 6.10 Å². The number of fused-ring (bicyclic) bond motifs is 7. The van der Waals surface area contributed by atoms with Crippen molar-refractivity contribution in [3.63, 3.8) is 0 Å². The number of aliphatic hydroxyl groups excluding tert-OH is 1. The van der Waals surface area contributed by atoms with E-state index in [0.717, 1.165) is 11.6 Å². The second-order valence-corrected chi connectivity index (χ2v) is 13.0. The largest absolute Gasteiger partial charge is 0.390 e. The number of halogens is 4. The van der Waals surface area contributed by atoms with E-state index in [1.54, 1.807) is 24.1 Å². The van der Waals surface area contributed by atoms with Gasteiger partial charge < -0.3 is 5.11 Å². The van der Waals surface area contributed by atoms with E-state index in [2.05, 4.69) is 0 Å². The smallest absolute Gasteiger partial charge is 0.226 e. The zero-order valence-electron chi connectivity index (χ0n) is 21.7. The van der Waals surface area contributed by atoms with Crippen molar-refractivity contribution in [1.82, 2.24) is 5.06 Å². The molecule has 10 heteroatoms. The average Bonchev–Trinajstić information content (AvgIpc) is 3.36. The Labute approximate surface area is 228 Å². The number of hydroxylamine groups is 2. The number of thioether (sulfide) groups is 1. The van der Waals surface area contributed by atoms with E-state index >= 15 is 8.78 Å². The summed E-state index contributed by atoms with van der Waals surface area (Å²) in [6.07, 6.45) is 0.532. The van der Waals surface area contributed by atoms with Crippen LogP contribution < -0.4 is 0 Å². The second-order valence-electron chi connectivity index (χ2n) is 12.1. The summed E-state index contributed by atoms with van der Waals surface area (Å²) >= 11 is 0.494. The molecule has 5 nitrogen and oxygen atoms in total. The molecule has 5 aliphatic rings. The Balaban J connectivity index is 1.40. The van der Waals surface area contributed by atoms with E-state index < -0.39 is 69.0 Å². The first-order valence-corrected chi connectivity index (χ1v) is 14.3. The van der Waals surface area contributed by atoms with Crippen LogP contribution in [0.25, 0.3) is 0 Å². The zero-order valence-corrected chi connectivity index (χ0v) is 22.5. The minimum Gasteiger partial charge on any atom is -0.390 e. The van der Waals surface area contributed by atoms with Gasteiger partial charge in [-0.05, 0) is 67.5 Å². The zero-order chi connectivity index (χ0) is 28.0. The number of aliphatic hydroxyl groups is 1. The molecule has 9 atom stereocenters. The topological polar surface area (TPSA) is 66.8 Å². The SMILES string of the molecule is C[C@]12C=CC(=O)C=C1[C@@H](F)C[C@H]1[C@@H]3C[C@H]4CN(Cc5ccc(F)cc5)O[C@@]4(C(=O)SCF)[C@@]3(C)C[C@H](O)[C@@]12F. The highest BCUT2D eigenvalue weighted by Gasteiger charge is 2.79. The van der Waals surface area contributed by atoms with Gasteiger partial charge in [-0.2, -0.15) is 5.06 Å². The van der Waals surface area contributed by atoms with Gasteiger partial charge in [-0.15, -0.1) is 0 Å². The highest BCUT2D eigenvalue weighted by atomic mass is 32.2. The third kappa shape index (κ3) is 3.50. The predicted molar refractivity (Wildman–Crippen MR) is 137 cm³/mol. The molecular weight excluding hydrogens is 534 g/mol. The molecule has 1 aromatic carbocycles. The predicted octanol–water partition coefficient (Wildman–Crippen LogP) is 5.04. The van der Waals surface area contributed by atoms with Crippen LogP contribution in [0.1, 0.15) is 38.7 Å². The molecule has 0 radical (unpaired) electrons. The highest BCUT2D eigenvalue weighted by Crippen LogP contribution is 2.73. The lowest BCUT2D eigenvalue weighted by atomic mass is 9.44. The minimum atomic E-state index is -2.27. The number of hydrogen-bond acceptors (Lipinski definition) is 6. The molecule has 0 amide bonds. The molecule has 39 heavy (non-hydrogen) atoms. The monoisotopic (exact) mass is 565 g/mol. The summed E-state index contributed by atoms with van der Waals surface area (Å²) in [6.45, 7) is 3.85. The van der Waals surface area contributed by atoms with E-state index in [-0.39, 0.29) is 30.8 Å². The standard InChI is InChI=1S/C29H31F4NO4S/c1-26-8-7-19(35)10-22(26)23(32)11-21-20-9-17-14-34(13-16-3-5-18(31)6-4-16)38-29(17,25(37)39-15-30)27(20,2)12-24(36)28(21,26)33/h3-8,10,17,20-21,23-24,36H,9,11-15H2,1-2H3/t17-,20-,21-,23-,24-,26-,27-,28-,29-/m0/s1. The van der Waals surface area contributed by atoms with Gasteiger partial charge in [0.2, 0.25) is 5.12 Å². The number of carbonyl (C=O) groups is 2. The Morgan fingerprint density at radius 2 is 1.92 bits per heavy atom. The third-order valence-corrected chi connectivity index (χ3v) is 11.1. The number of carbonyl (C=O) groups excluding carboxylic acids is 2. The van der Waals surface area contributed by atoms with E-state index in [1.807, 2.05) is 0 Å². The number of benzene rings is 1. The second kappa shape index (κ2) is 8.99. The Morgan fingerprint density at radius 1 is 1.21 bits per heavy atom. The molecule has 1 N–H and O–H groups in total. The molecule has 0 unspecified atom stereocenters. The van der Waals surface area contributed by atoms with Gasteiger partial charge in [-0.1, -0.05) is 36.9 Å². The van der Waals surface area contributed by atoms with E-state index in [0.29, 0.717) is 24.7 Å². The molecule has 1 aromatic rings. The molecule has 210 valence electrons. The van der Waals surface area contributed by atoms with Crippen LogP contribution in [-0.2, 0) is 21.0 Å². The van der Waals surface area contributed by atoms with E-state index in [4.69, 9.17) is 4.84 Å². The lowest BCUT2D eigenvalue weighted by Crippen LogP contribution is -2.70. The maximum atomic E-state index is 17.4. The van der Waals surface area contributed by atoms with Gasteiger partial charge in [0.1, 0.15) is 18.0 Å². The van der Waals surface area contributed by atoms with Crippen molar-refractivity contribution in [3.8, 4) is 0 Å². The van der Waals surface area contributed by atoms with Crippen LogP contribution in [0.4, 0.5) is 17.6 Å². The van der Waals surface area contributed by atoms with Crippen molar-refractivity contribution >= 4 is 22.7 Å². The van der Waals surface area contributed by atoms with Crippen LogP contribution >= 0.6 is 11.8 Å². The van der Waals surface area contributed by atoms with Gasteiger partial charge in [-0.25, -0.2) is 17.6 Å². The van der Waals surface area contributed by atoms with Crippen LogP contribution in [0, 0.1) is 34.4 Å². The molecule has 3 saturated carbocycles. The number of allylic oxidation sites excluding steroid dienone is 4. The fourth-order valence-corrected chi connectivity index (χ4v) is 9.46. The first-order chi connectivity index (χ1) is 18.4. The highest BCUT2D eigenvalue weighted by molar-refractivity contribution is 8.13. The molecule has 0 aromatic heterocycles. The van der Waals surface area contributed by atoms with E-state index in [9.17, 15) is 23.5 Å². The van der Waals surface area contributed by atoms with Crippen molar-refractivity contribution in [2.75, 3.05) is 12.6 Å². The molecule has 1 heterocycles. The molecule has 4 aliphatic carbocycles. The van der Waals surface area contributed by atoms with Gasteiger partial charge in [-0.3, -0.25) is 14.4 Å². The number of hydrogen-bond donors (Lipinski definition) is 1. The normalized spacial score (nSPS) is 44.8. The summed E-state index contributed by atoms with van der Waals surface area (Å²) in [5, 5.41) is 12.6. The maximum absolute atomic E-state index is 17.4. The average molecular weight is 566 g/mol. The van der Waals surface area contributed by atoms with Gasteiger partial charge in [0.25, 0.3) is 0 Å². The molecule has 1 saturated heterocycles. The van der Waals surface area contributed by atoms with Crippen molar-refractivity contribution < 1.29 is 37.1 Å². The summed E-state index contributed by atoms with van der Waals surface area (Å²) < 4.78 is 60.1. The van der Waals surface area contributed by atoms with Gasteiger partial charge in [0, 0.05) is 35.8 Å². The molecule has 0 spiro atoms. The van der Waals surface area contributed by atoms with Crippen LogP contribution in [0.3, 0.4) is 0 Å². The molecule has 0 bridgehead atoms. The molecular formula is C29H31F4NO4S. The fraction of sp³-hybridized carbons (Fsp3) is 0.586. The molecule has 1 aliphatic heterocycles.